The number of carbonyl (C=O) groups excluding carboxylic acids is 2. The minimum Gasteiger partial charge on any atom is -0.321 e. The van der Waals surface area contributed by atoms with Crippen LogP contribution >= 0.6 is 23.2 Å². The van der Waals surface area contributed by atoms with E-state index >= 15 is 0 Å². The molecule has 0 fully saturated rings. The Morgan fingerprint density at radius 2 is 1.44 bits per heavy atom. The van der Waals surface area contributed by atoms with E-state index in [0.29, 0.717) is 10.7 Å². The fourth-order valence-electron chi connectivity index (χ4n) is 4.89. The predicted octanol–water partition coefficient (Wildman–Crippen LogP) is 8.44. The van der Waals surface area contributed by atoms with Crippen LogP contribution in [0.4, 0.5) is 5.69 Å². The highest BCUT2D eigenvalue weighted by atomic mass is 35.5. The molecule has 6 heteroatoms. The average Bonchev–Trinajstić information content (AvgIpc) is 3.13. The van der Waals surface area contributed by atoms with Crippen molar-refractivity contribution in [2.45, 2.75) is 25.7 Å². The molecule has 0 unspecified atom stereocenters. The van der Waals surface area contributed by atoms with Crippen molar-refractivity contribution in [1.82, 2.24) is 4.98 Å². The SMILES string of the molecule is O=C(Nc1ccccc1)c1ncccc1CCc1cccc(Cl)c1.O=C1c2ccccc2CCc2cc(Cl)ccc21. The Hall–Kier alpha value is -4.25. The van der Waals surface area contributed by atoms with Gasteiger partial charge in [0.05, 0.1) is 0 Å². The van der Waals surface area contributed by atoms with Crippen LogP contribution in [-0.4, -0.2) is 16.7 Å². The van der Waals surface area contributed by atoms with Crippen LogP contribution < -0.4 is 5.32 Å². The van der Waals surface area contributed by atoms with Gasteiger partial charge >= 0.3 is 0 Å². The van der Waals surface area contributed by atoms with Crippen molar-refractivity contribution < 1.29 is 9.59 Å². The Morgan fingerprint density at radius 1 is 0.707 bits per heavy atom. The number of rotatable bonds is 5. The summed E-state index contributed by atoms with van der Waals surface area (Å²) in [6, 6.07) is 34.3. The zero-order valence-electron chi connectivity index (χ0n) is 22.3. The van der Waals surface area contributed by atoms with E-state index in [9.17, 15) is 9.59 Å². The maximum Gasteiger partial charge on any atom is 0.274 e. The molecule has 5 aromatic rings. The second-order valence-electron chi connectivity index (χ2n) is 9.75. The van der Waals surface area contributed by atoms with Crippen molar-refractivity contribution >= 4 is 40.6 Å². The number of fused-ring (bicyclic) bond motifs is 2. The van der Waals surface area contributed by atoms with Crippen LogP contribution in [0, 0.1) is 0 Å². The molecule has 0 saturated carbocycles. The first kappa shape index (κ1) is 28.3. The fourth-order valence-corrected chi connectivity index (χ4v) is 5.30. The second kappa shape index (κ2) is 13.4. The first-order valence-corrected chi connectivity index (χ1v) is 14.2. The molecular weight excluding hydrogens is 551 g/mol. The summed E-state index contributed by atoms with van der Waals surface area (Å²) in [5.74, 6) is -0.0762. The molecule has 4 nitrogen and oxygen atoms in total. The van der Waals surface area contributed by atoms with Crippen LogP contribution in [0.2, 0.25) is 10.0 Å². The Morgan fingerprint density at radius 3 is 2.27 bits per heavy atom. The number of pyridine rings is 1. The third-order valence-electron chi connectivity index (χ3n) is 6.95. The summed E-state index contributed by atoms with van der Waals surface area (Å²) in [4.78, 5) is 29.2. The molecule has 0 bridgehead atoms. The number of carbonyl (C=O) groups is 2. The van der Waals surface area contributed by atoms with Crippen LogP contribution in [0.5, 0.6) is 0 Å². The molecule has 0 spiro atoms. The Labute approximate surface area is 250 Å². The van der Waals surface area contributed by atoms with Gasteiger partial charge in [0.2, 0.25) is 0 Å². The summed E-state index contributed by atoms with van der Waals surface area (Å²) in [5.41, 5.74) is 7.08. The topological polar surface area (TPSA) is 59.1 Å². The first-order chi connectivity index (χ1) is 20.0. The number of amides is 1. The van der Waals surface area contributed by atoms with Gasteiger partial charge in [0, 0.05) is 33.1 Å². The van der Waals surface area contributed by atoms with Gasteiger partial charge in [-0.3, -0.25) is 14.6 Å². The number of benzene rings is 4. The minimum absolute atomic E-state index is 0.116. The van der Waals surface area contributed by atoms with Gasteiger partial charge in [0.15, 0.2) is 5.78 Å². The fraction of sp³-hybridized carbons (Fsp3) is 0.114. The maximum atomic E-state index is 12.5. The zero-order valence-corrected chi connectivity index (χ0v) is 23.8. The average molecular weight is 580 g/mol. The van der Waals surface area contributed by atoms with Crippen molar-refractivity contribution in [1.29, 1.82) is 0 Å². The zero-order chi connectivity index (χ0) is 28.6. The van der Waals surface area contributed by atoms with Gasteiger partial charge < -0.3 is 5.32 Å². The van der Waals surface area contributed by atoms with Gasteiger partial charge in [0.1, 0.15) is 5.69 Å². The molecule has 41 heavy (non-hydrogen) atoms. The van der Waals surface area contributed by atoms with E-state index in [4.69, 9.17) is 23.2 Å². The quantitative estimate of drug-likeness (QED) is 0.227. The molecule has 0 atom stereocenters. The smallest absolute Gasteiger partial charge is 0.274 e. The third kappa shape index (κ3) is 7.29. The molecule has 6 rings (SSSR count). The minimum atomic E-state index is -0.192. The Balaban J connectivity index is 0.000000174. The number of hydrogen-bond donors (Lipinski definition) is 1. The lowest BCUT2D eigenvalue weighted by Crippen LogP contribution is -2.16. The molecule has 0 aliphatic heterocycles. The van der Waals surface area contributed by atoms with Crippen molar-refractivity contribution in [3.05, 3.63) is 165 Å². The van der Waals surface area contributed by atoms with E-state index in [-0.39, 0.29) is 11.7 Å². The predicted molar refractivity (Wildman–Crippen MR) is 166 cm³/mol. The number of aromatic nitrogens is 1. The highest BCUT2D eigenvalue weighted by Gasteiger charge is 2.20. The van der Waals surface area contributed by atoms with E-state index in [1.807, 2.05) is 103 Å². The molecule has 1 aliphatic rings. The largest absolute Gasteiger partial charge is 0.321 e. The van der Waals surface area contributed by atoms with E-state index in [1.165, 1.54) is 0 Å². The highest BCUT2D eigenvalue weighted by Crippen LogP contribution is 2.26. The number of ketones is 1. The Kier molecular flexibility index (Phi) is 9.25. The van der Waals surface area contributed by atoms with Crippen LogP contribution in [0.15, 0.2) is 115 Å². The molecule has 1 amide bonds. The summed E-state index contributed by atoms with van der Waals surface area (Å²) in [6.45, 7) is 0. The lowest BCUT2D eigenvalue weighted by atomic mass is 9.99. The number of hydrogen-bond acceptors (Lipinski definition) is 3. The number of aryl methyl sites for hydroxylation is 4. The van der Waals surface area contributed by atoms with Crippen LogP contribution in [0.3, 0.4) is 0 Å². The van der Waals surface area contributed by atoms with Crippen LogP contribution in [0.25, 0.3) is 0 Å². The monoisotopic (exact) mass is 578 g/mol. The number of nitrogens with zero attached hydrogens (tertiary/aromatic N) is 1. The number of para-hydroxylation sites is 1. The third-order valence-corrected chi connectivity index (χ3v) is 7.42. The lowest BCUT2D eigenvalue weighted by molar-refractivity contribution is 0.101. The van der Waals surface area contributed by atoms with Crippen molar-refractivity contribution in [3.8, 4) is 0 Å². The van der Waals surface area contributed by atoms with Gasteiger partial charge in [-0.2, -0.15) is 0 Å². The number of anilines is 1. The van der Waals surface area contributed by atoms with Gasteiger partial charge in [-0.15, -0.1) is 0 Å². The van der Waals surface area contributed by atoms with E-state index in [0.717, 1.165) is 69.8 Å². The molecule has 4 aromatic carbocycles. The lowest BCUT2D eigenvalue weighted by Gasteiger charge is -2.09. The summed E-state index contributed by atoms with van der Waals surface area (Å²) < 4.78 is 0. The molecular formula is C35H28Cl2N2O2. The van der Waals surface area contributed by atoms with Gasteiger partial charge in [-0.05, 0) is 96.5 Å². The first-order valence-electron chi connectivity index (χ1n) is 13.4. The maximum absolute atomic E-state index is 12.5. The molecule has 204 valence electrons. The van der Waals surface area contributed by atoms with Crippen molar-refractivity contribution in [2.75, 3.05) is 5.32 Å². The second-order valence-corrected chi connectivity index (χ2v) is 10.6. The van der Waals surface area contributed by atoms with E-state index in [1.54, 1.807) is 12.3 Å². The van der Waals surface area contributed by atoms with Gasteiger partial charge in [0.25, 0.3) is 5.91 Å². The summed E-state index contributed by atoms with van der Waals surface area (Å²) in [5, 5.41) is 4.30. The number of nitrogens with one attached hydrogen (secondary N) is 1. The normalized spacial score (nSPS) is 11.8. The summed E-state index contributed by atoms with van der Waals surface area (Å²) in [6.07, 6.45) is 4.94. The molecule has 1 aliphatic carbocycles. The van der Waals surface area contributed by atoms with Crippen LogP contribution in [0.1, 0.15) is 48.7 Å². The molecule has 1 aromatic heterocycles. The van der Waals surface area contributed by atoms with E-state index in [2.05, 4.69) is 10.3 Å². The van der Waals surface area contributed by atoms with Gasteiger partial charge in [-0.25, -0.2) is 0 Å². The standard InChI is InChI=1S/C20H17ClN2O.C15H11ClO/c21-17-8-4-6-15(14-17)11-12-16-7-5-13-22-19(16)20(24)23-18-9-2-1-3-10-18;16-12-7-8-14-11(9-12)6-5-10-3-1-2-4-13(10)15(14)17/h1-10,13-14H,11-12H2,(H,23,24);1-4,7-9H,5-6H2. The van der Waals surface area contributed by atoms with Crippen molar-refractivity contribution in [3.63, 3.8) is 0 Å². The summed E-state index contributed by atoms with van der Waals surface area (Å²) >= 11 is 12.0. The molecule has 1 heterocycles. The molecule has 0 radical (unpaired) electrons. The molecule has 1 N–H and O–H groups in total. The van der Waals surface area contributed by atoms with Crippen LogP contribution in [-0.2, 0) is 25.7 Å². The Bertz CT molecular complexity index is 1690. The highest BCUT2D eigenvalue weighted by molar-refractivity contribution is 6.31. The number of halogens is 2. The van der Waals surface area contributed by atoms with E-state index < -0.39 is 0 Å². The summed E-state index contributed by atoms with van der Waals surface area (Å²) in [7, 11) is 0. The van der Waals surface area contributed by atoms with Crippen molar-refractivity contribution in [2.24, 2.45) is 0 Å². The molecule has 0 saturated heterocycles. The van der Waals surface area contributed by atoms with Gasteiger partial charge in [-0.1, -0.05) is 83.9 Å².